The molecule has 4 nitrogen and oxygen atoms in total. The van der Waals surface area contributed by atoms with E-state index < -0.39 is 6.04 Å². The second-order valence-corrected chi connectivity index (χ2v) is 5.21. The predicted octanol–water partition coefficient (Wildman–Crippen LogP) is 1.66. The summed E-state index contributed by atoms with van der Waals surface area (Å²) in [4.78, 5) is 14.3. The summed E-state index contributed by atoms with van der Waals surface area (Å²) in [5.74, 6) is 0.284. The molecule has 104 valence electrons. The number of rotatable bonds is 4. The van der Waals surface area contributed by atoms with Gasteiger partial charge in [-0.2, -0.15) is 0 Å². The monoisotopic (exact) mass is 262 g/mol. The number of benzene rings is 1. The second kappa shape index (κ2) is 6.06. The van der Waals surface area contributed by atoms with Crippen molar-refractivity contribution in [2.24, 2.45) is 5.73 Å². The number of nitrogens with zero attached hydrogens (tertiary/aromatic N) is 1. The van der Waals surface area contributed by atoms with Crippen LogP contribution in [0.15, 0.2) is 24.3 Å². The zero-order valence-corrected chi connectivity index (χ0v) is 11.4. The molecule has 1 fully saturated rings. The minimum Gasteiger partial charge on any atom is -0.508 e. The summed E-state index contributed by atoms with van der Waals surface area (Å²) in [6.07, 6.45) is 3.69. The topological polar surface area (TPSA) is 66.6 Å². The van der Waals surface area contributed by atoms with Crippen molar-refractivity contribution in [3.63, 3.8) is 0 Å². The molecule has 1 amide bonds. The average molecular weight is 262 g/mol. The zero-order chi connectivity index (χ0) is 13.8. The maximum absolute atomic E-state index is 12.3. The van der Waals surface area contributed by atoms with Crippen molar-refractivity contribution in [1.82, 2.24) is 4.90 Å². The summed E-state index contributed by atoms with van der Waals surface area (Å²) in [5.41, 5.74) is 7.01. The predicted molar refractivity (Wildman–Crippen MR) is 74.8 cm³/mol. The molecule has 1 unspecified atom stereocenters. The van der Waals surface area contributed by atoms with Gasteiger partial charge in [0.25, 0.3) is 0 Å². The number of carbonyl (C=O) groups is 1. The molecule has 2 rings (SSSR count). The SMILES string of the molecule is CCC1CCCN1C(=O)[C@@H](N)Cc1ccc(O)cc1. The first-order valence-electron chi connectivity index (χ1n) is 6.95. The van der Waals surface area contributed by atoms with E-state index >= 15 is 0 Å². The van der Waals surface area contributed by atoms with Crippen LogP contribution in [0.4, 0.5) is 0 Å². The van der Waals surface area contributed by atoms with Crippen LogP contribution < -0.4 is 5.73 Å². The summed E-state index contributed by atoms with van der Waals surface area (Å²) in [6.45, 7) is 2.95. The number of amides is 1. The third-order valence-corrected chi connectivity index (χ3v) is 3.84. The van der Waals surface area contributed by atoms with Gasteiger partial charge in [-0.3, -0.25) is 4.79 Å². The zero-order valence-electron chi connectivity index (χ0n) is 11.4. The van der Waals surface area contributed by atoms with Gasteiger partial charge < -0.3 is 15.7 Å². The molecule has 1 heterocycles. The highest BCUT2D eigenvalue weighted by Crippen LogP contribution is 2.21. The number of carbonyl (C=O) groups excluding carboxylic acids is 1. The van der Waals surface area contributed by atoms with E-state index in [2.05, 4.69) is 6.92 Å². The average Bonchev–Trinajstić information content (AvgIpc) is 2.88. The van der Waals surface area contributed by atoms with E-state index in [-0.39, 0.29) is 11.7 Å². The van der Waals surface area contributed by atoms with Gasteiger partial charge in [-0.25, -0.2) is 0 Å². The van der Waals surface area contributed by atoms with E-state index in [9.17, 15) is 9.90 Å². The van der Waals surface area contributed by atoms with Gasteiger partial charge in [0.05, 0.1) is 6.04 Å². The number of nitrogens with two attached hydrogens (primary N) is 1. The molecule has 0 aromatic heterocycles. The number of hydrogen-bond donors (Lipinski definition) is 2. The fourth-order valence-corrected chi connectivity index (χ4v) is 2.74. The van der Waals surface area contributed by atoms with Crippen LogP contribution in [-0.4, -0.2) is 34.5 Å². The highest BCUT2D eigenvalue weighted by molar-refractivity contribution is 5.82. The molecule has 1 aromatic carbocycles. The standard InChI is InChI=1S/C15H22N2O2/c1-2-12-4-3-9-17(12)15(19)14(16)10-11-5-7-13(18)8-6-11/h5-8,12,14,18H,2-4,9-10,16H2,1H3/t12?,14-/m0/s1. The van der Waals surface area contributed by atoms with Crippen LogP contribution in [0.3, 0.4) is 0 Å². The van der Waals surface area contributed by atoms with Gasteiger partial charge in [0.15, 0.2) is 0 Å². The minimum atomic E-state index is -0.489. The second-order valence-electron chi connectivity index (χ2n) is 5.21. The molecule has 0 radical (unpaired) electrons. The Morgan fingerprint density at radius 1 is 1.47 bits per heavy atom. The third kappa shape index (κ3) is 3.26. The number of aromatic hydroxyl groups is 1. The maximum Gasteiger partial charge on any atom is 0.240 e. The molecule has 3 N–H and O–H groups in total. The normalized spacial score (nSPS) is 20.5. The molecule has 1 aliphatic heterocycles. The number of phenolic OH excluding ortho intramolecular Hbond substituents is 1. The minimum absolute atomic E-state index is 0.0532. The molecule has 1 saturated heterocycles. The van der Waals surface area contributed by atoms with Gasteiger partial charge in [-0.05, 0) is 43.4 Å². The van der Waals surface area contributed by atoms with Crippen LogP contribution in [0.2, 0.25) is 0 Å². The van der Waals surface area contributed by atoms with E-state index in [1.165, 1.54) is 0 Å². The highest BCUT2D eigenvalue weighted by atomic mass is 16.3. The Kier molecular flexibility index (Phi) is 4.43. The Bertz CT molecular complexity index is 430. The smallest absolute Gasteiger partial charge is 0.240 e. The number of phenols is 1. The van der Waals surface area contributed by atoms with Crippen molar-refractivity contribution in [2.45, 2.75) is 44.7 Å². The first kappa shape index (κ1) is 13.9. The van der Waals surface area contributed by atoms with Crippen molar-refractivity contribution in [3.05, 3.63) is 29.8 Å². The summed E-state index contributed by atoms with van der Waals surface area (Å²) >= 11 is 0. The van der Waals surface area contributed by atoms with Crippen molar-refractivity contribution >= 4 is 5.91 Å². The number of hydrogen-bond acceptors (Lipinski definition) is 3. The molecule has 0 bridgehead atoms. The fourth-order valence-electron chi connectivity index (χ4n) is 2.74. The largest absolute Gasteiger partial charge is 0.508 e. The van der Waals surface area contributed by atoms with E-state index in [4.69, 9.17) is 5.73 Å². The van der Waals surface area contributed by atoms with Crippen LogP contribution in [0, 0.1) is 0 Å². The lowest BCUT2D eigenvalue weighted by Gasteiger charge is -2.26. The Labute approximate surface area is 114 Å². The molecular weight excluding hydrogens is 240 g/mol. The van der Waals surface area contributed by atoms with Crippen LogP contribution in [0.25, 0.3) is 0 Å². The third-order valence-electron chi connectivity index (χ3n) is 3.84. The first-order chi connectivity index (χ1) is 9.11. The summed E-state index contributed by atoms with van der Waals surface area (Å²) < 4.78 is 0. The van der Waals surface area contributed by atoms with Gasteiger partial charge in [-0.15, -0.1) is 0 Å². The molecule has 1 aliphatic rings. The Hall–Kier alpha value is -1.55. The summed E-state index contributed by atoms with van der Waals surface area (Å²) in [6, 6.07) is 6.73. The van der Waals surface area contributed by atoms with Gasteiger partial charge in [0, 0.05) is 12.6 Å². The molecule has 2 atom stereocenters. The molecular formula is C15H22N2O2. The van der Waals surface area contributed by atoms with Gasteiger partial charge in [-0.1, -0.05) is 19.1 Å². The number of likely N-dealkylation sites (tertiary alicyclic amines) is 1. The van der Waals surface area contributed by atoms with Gasteiger partial charge >= 0.3 is 0 Å². The fraction of sp³-hybridized carbons (Fsp3) is 0.533. The van der Waals surface area contributed by atoms with Crippen molar-refractivity contribution in [2.75, 3.05) is 6.54 Å². The van der Waals surface area contributed by atoms with E-state index in [0.29, 0.717) is 12.5 Å². The highest BCUT2D eigenvalue weighted by Gasteiger charge is 2.30. The quantitative estimate of drug-likeness (QED) is 0.867. The Morgan fingerprint density at radius 2 is 2.16 bits per heavy atom. The Morgan fingerprint density at radius 3 is 2.79 bits per heavy atom. The summed E-state index contributed by atoms with van der Waals surface area (Å²) in [5, 5.41) is 9.23. The lowest BCUT2D eigenvalue weighted by atomic mass is 10.0. The molecule has 1 aromatic rings. The van der Waals surface area contributed by atoms with Gasteiger partial charge in [0.1, 0.15) is 5.75 Å². The van der Waals surface area contributed by atoms with Crippen molar-refractivity contribution < 1.29 is 9.90 Å². The van der Waals surface area contributed by atoms with Crippen molar-refractivity contribution in [1.29, 1.82) is 0 Å². The summed E-state index contributed by atoms with van der Waals surface area (Å²) in [7, 11) is 0. The van der Waals surface area contributed by atoms with Crippen LogP contribution in [-0.2, 0) is 11.2 Å². The Balaban J connectivity index is 1.97. The van der Waals surface area contributed by atoms with Gasteiger partial charge in [0.2, 0.25) is 5.91 Å². The van der Waals surface area contributed by atoms with E-state index in [1.807, 2.05) is 17.0 Å². The van der Waals surface area contributed by atoms with Crippen LogP contribution in [0.5, 0.6) is 5.75 Å². The molecule has 0 spiro atoms. The van der Waals surface area contributed by atoms with E-state index in [1.54, 1.807) is 12.1 Å². The molecule has 19 heavy (non-hydrogen) atoms. The van der Waals surface area contributed by atoms with Crippen molar-refractivity contribution in [3.8, 4) is 5.75 Å². The first-order valence-corrected chi connectivity index (χ1v) is 6.95. The van der Waals surface area contributed by atoms with E-state index in [0.717, 1.165) is 31.4 Å². The molecule has 0 saturated carbocycles. The lowest BCUT2D eigenvalue weighted by molar-refractivity contribution is -0.133. The van der Waals surface area contributed by atoms with Crippen LogP contribution in [0.1, 0.15) is 31.7 Å². The lowest BCUT2D eigenvalue weighted by Crippen LogP contribution is -2.46. The van der Waals surface area contributed by atoms with Crippen LogP contribution >= 0.6 is 0 Å². The maximum atomic E-state index is 12.3. The molecule has 0 aliphatic carbocycles. The molecule has 4 heteroatoms.